The van der Waals surface area contributed by atoms with Crippen molar-refractivity contribution in [2.45, 2.75) is 9.92 Å². The second kappa shape index (κ2) is 11.7. The molecule has 50 heavy (non-hydrogen) atoms. The van der Waals surface area contributed by atoms with Crippen molar-refractivity contribution in [1.29, 1.82) is 0 Å². The maximum atomic E-state index is 6.29. The smallest absolute Gasteiger partial charge is 0.252 e. The second-order valence-corrected chi connectivity index (χ2v) is 13.6. The van der Waals surface area contributed by atoms with E-state index in [-0.39, 0.29) is 0 Å². The summed E-state index contributed by atoms with van der Waals surface area (Å²) < 4.78 is 6.29. The third-order valence-corrected chi connectivity index (χ3v) is 10.7. The third-order valence-electron chi connectivity index (χ3n) is 9.68. The molecule has 0 fully saturated rings. The van der Waals surface area contributed by atoms with Crippen molar-refractivity contribution in [2.75, 3.05) is 0 Å². The van der Waals surface area contributed by atoms with E-state index in [1.807, 2.05) is 0 Å². The zero-order valence-corrected chi connectivity index (χ0v) is 27.7. The molecular weight excluding hydrogens is 629 g/mol. The van der Waals surface area contributed by atoms with Crippen LogP contribution in [-0.2, 0) is 0 Å². The lowest BCUT2D eigenvalue weighted by molar-refractivity contribution is 0.430. The fourth-order valence-electron chi connectivity index (χ4n) is 7.27. The molecule has 4 heteroatoms. The molecule has 0 aliphatic carbocycles. The lowest BCUT2D eigenvalue weighted by Crippen LogP contribution is -2.00. The van der Waals surface area contributed by atoms with Gasteiger partial charge in [0.15, 0.2) is 10.8 Å². The van der Waals surface area contributed by atoms with Gasteiger partial charge in [-0.1, -0.05) is 145 Å². The van der Waals surface area contributed by atoms with Gasteiger partial charge in [0, 0.05) is 18.0 Å². The summed E-state index contributed by atoms with van der Waals surface area (Å²) in [6.45, 7) is 0. The van der Waals surface area contributed by atoms with Crippen LogP contribution in [0, 0.1) is 0 Å². The highest BCUT2D eigenvalue weighted by atomic mass is 32.2. The first-order valence-corrected chi connectivity index (χ1v) is 17.5. The normalized spacial score (nSPS) is 12.1. The average molecular weight is 657 g/mol. The Hall–Kier alpha value is -6.23. The van der Waals surface area contributed by atoms with Crippen molar-refractivity contribution in [3.05, 3.63) is 170 Å². The molecule has 2 heterocycles. The van der Waals surface area contributed by atoms with Crippen LogP contribution in [0.15, 0.2) is 180 Å². The van der Waals surface area contributed by atoms with Crippen LogP contribution in [0.2, 0.25) is 0 Å². The molecule has 0 amide bonds. The van der Waals surface area contributed by atoms with E-state index in [1.165, 1.54) is 60.1 Å². The Balaban J connectivity index is 0.972. The summed E-state index contributed by atoms with van der Waals surface area (Å²) in [5.74, 6) is 1.37. The molecule has 9 aromatic rings. The Labute approximate surface area is 293 Å². The second-order valence-electron chi connectivity index (χ2n) is 12.6. The van der Waals surface area contributed by atoms with E-state index in [1.54, 1.807) is 24.2 Å². The molecule has 0 atom stereocenters. The minimum Gasteiger partial charge on any atom is -0.435 e. The van der Waals surface area contributed by atoms with Crippen LogP contribution in [-0.4, -0.2) is 9.97 Å². The van der Waals surface area contributed by atoms with Gasteiger partial charge in [0.25, 0.3) is 5.88 Å². The summed E-state index contributed by atoms with van der Waals surface area (Å²) in [5.41, 5.74) is 9.24. The molecule has 0 N–H and O–H groups in total. The molecule has 0 spiro atoms. The lowest BCUT2D eigenvalue weighted by atomic mass is 9.91. The maximum absolute atomic E-state index is 6.29. The van der Waals surface area contributed by atoms with Crippen molar-refractivity contribution in [1.82, 2.24) is 9.97 Å². The largest absolute Gasteiger partial charge is 0.435 e. The number of fused-ring (bicyclic) bond motifs is 8. The van der Waals surface area contributed by atoms with Crippen molar-refractivity contribution in [3.63, 3.8) is 0 Å². The molecule has 8 aromatic carbocycles. The quantitative estimate of drug-likeness (QED) is 0.177. The van der Waals surface area contributed by atoms with E-state index in [0.717, 1.165) is 32.4 Å². The average Bonchev–Trinajstić information content (AvgIpc) is 3.20. The molecule has 3 nitrogen and oxygen atoms in total. The molecule has 0 saturated carbocycles. The number of nitrogens with zero attached hydrogens (tertiary/aromatic N) is 2. The van der Waals surface area contributed by atoms with Crippen molar-refractivity contribution >= 4 is 44.1 Å². The number of para-hydroxylation sites is 1. The summed E-state index contributed by atoms with van der Waals surface area (Å²) in [6.07, 6.45) is 3.37. The van der Waals surface area contributed by atoms with Crippen LogP contribution in [0.1, 0.15) is 0 Å². The van der Waals surface area contributed by atoms with Crippen LogP contribution in [0.4, 0.5) is 0 Å². The number of hydrogen-bond donors (Lipinski definition) is 0. The molecule has 0 bridgehead atoms. The van der Waals surface area contributed by atoms with Gasteiger partial charge in [-0.15, -0.1) is 0 Å². The lowest BCUT2D eigenvalue weighted by Gasteiger charge is -2.20. The van der Waals surface area contributed by atoms with Crippen LogP contribution in [0.5, 0.6) is 11.6 Å². The number of rotatable bonds is 4. The molecule has 0 saturated heterocycles. The zero-order chi connectivity index (χ0) is 33.0. The highest BCUT2D eigenvalue weighted by Gasteiger charge is 2.23. The van der Waals surface area contributed by atoms with Crippen LogP contribution in [0.3, 0.4) is 0 Å². The third kappa shape index (κ3) is 4.84. The van der Waals surface area contributed by atoms with Gasteiger partial charge in [-0.3, -0.25) is 0 Å². The summed E-state index contributed by atoms with van der Waals surface area (Å²) in [5, 5.41) is 8.55. The number of hydrogen-bond acceptors (Lipinski definition) is 4. The molecule has 10 rings (SSSR count). The number of benzene rings is 8. The maximum Gasteiger partial charge on any atom is 0.252 e. The van der Waals surface area contributed by atoms with Gasteiger partial charge in [0.05, 0.1) is 4.90 Å². The van der Waals surface area contributed by atoms with E-state index in [2.05, 4.69) is 168 Å². The molecule has 1 aromatic heterocycles. The van der Waals surface area contributed by atoms with Gasteiger partial charge in [-0.05, 0) is 95.5 Å². The highest BCUT2D eigenvalue weighted by Crippen LogP contribution is 2.49. The Bertz CT molecular complexity index is 2740. The van der Waals surface area contributed by atoms with Gasteiger partial charge in [-0.25, -0.2) is 9.97 Å². The summed E-state index contributed by atoms with van der Waals surface area (Å²) >= 11 is 1.59. The Kier molecular flexibility index (Phi) is 6.74. The summed E-state index contributed by atoms with van der Waals surface area (Å²) in [7, 11) is 0. The molecular formula is C46H28N2OS. The first-order valence-electron chi connectivity index (χ1n) is 16.7. The van der Waals surface area contributed by atoms with Gasteiger partial charge < -0.3 is 4.74 Å². The number of ether oxygens (including phenoxy) is 1. The molecule has 1 aliphatic heterocycles. The molecule has 1 aliphatic rings. The van der Waals surface area contributed by atoms with Gasteiger partial charge in [0.1, 0.15) is 0 Å². The predicted molar refractivity (Wildman–Crippen MR) is 207 cm³/mol. The molecule has 0 unspecified atom stereocenters. The van der Waals surface area contributed by atoms with Crippen LogP contribution >= 0.6 is 11.8 Å². The van der Waals surface area contributed by atoms with E-state index in [9.17, 15) is 0 Å². The zero-order valence-electron chi connectivity index (χ0n) is 26.9. The van der Waals surface area contributed by atoms with Crippen molar-refractivity contribution < 1.29 is 4.74 Å². The highest BCUT2D eigenvalue weighted by molar-refractivity contribution is 7.99. The van der Waals surface area contributed by atoms with Crippen LogP contribution < -0.4 is 4.74 Å². The van der Waals surface area contributed by atoms with E-state index in [4.69, 9.17) is 4.74 Å². The summed E-state index contributed by atoms with van der Waals surface area (Å²) in [6, 6.07) is 57.0. The monoisotopic (exact) mass is 656 g/mol. The number of aromatic nitrogens is 2. The summed E-state index contributed by atoms with van der Waals surface area (Å²) in [4.78, 5) is 9.88. The molecule has 0 radical (unpaired) electrons. The van der Waals surface area contributed by atoms with Gasteiger partial charge >= 0.3 is 0 Å². The fourth-order valence-corrected chi connectivity index (χ4v) is 8.16. The van der Waals surface area contributed by atoms with Gasteiger partial charge in [-0.2, -0.15) is 0 Å². The Morgan fingerprint density at radius 1 is 0.380 bits per heavy atom. The van der Waals surface area contributed by atoms with Crippen molar-refractivity contribution in [2.24, 2.45) is 0 Å². The standard InChI is InChI=1S/C46H28N2OS/c1-2-14-39-37(12-1)38-13-3-4-15-40(38)42-28-34(22-23-41(39)42)30-20-18-29(19-21-30)31-8-5-9-32(26-31)33-10-6-11-35(27-33)36-16-7-17-43-44(36)49-45-46(50-43)48-25-24-47-45/h1-28H. The fraction of sp³-hybridized carbons (Fsp3) is 0. The van der Waals surface area contributed by atoms with Crippen LogP contribution in [0.25, 0.3) is 76.8 Å². The minimum atomic E-state index is 0.551. The Morgan fingerprint density at radius 2 is 0.880 bits per heavy atom. The van der Waals surface area contributed by atoms with Crippen molar-refractivity contribution in [3.8, 4) is 56.1 Å². The Morgan fingerprint density at radius 3 is 1.56 bits per heavy atom. The SMILES string of the molecule is c1cc(-c2ccc(-c3ccc4c5ccccc5c5ccccc5c4c3)cc2)cc(-c2cccc(-c3cccc4c3Oc3nccnc3S4)c2)c1. The topological polar surface area (TPSA) is 35.0 Å². The first-order chi connectivity index (χ1) is 24.8. The minimum absolute atomic E-state index is 0.551. The van der Waals surface area contributed by atoms with E-state index in [0.29, 0.717) is 5.88 Å². The van der Waals surface area contributed by atoms with E-state index < -0.39 is 0 Å². The molecule has 234 valence electrons. The predicted octanol–water partition coefficient (Wildman–Crippen LogP) is 12.9. The first kappa shape index (κ1) is 28.8. The van der Waals surface area contributed by atoms with Gasteiger partial charge in [0.2, 0.25) is 0 Å². The van der Waals surface area contributed by atoms with E-state index >= 15 is 0 Å².